The maximum Gasteiger partial charge on any atom is 0.490 e. The topological polar surface area (TPSA) is 125 Å². The number of amides is 1. The number of anilines is 1. The first-order valence-corrected chi connectivity index (χ1v) is 13.6. The van der Waals surface area contributed by atoms with Gasteiger partial charge >= 0.3 is 18.8 Å². The van der Waals surface area contributed by atoms with Crippen molar-refractivity contribution >= 4 is 34.7 Å². The third kappa shape index (κ3) is 10.0. The molecule has 2 heterocycles. The number of ketones is 1. The fourth-order valence-corrected chi connectivity index (χ4v) is 4.72. The Morgan fingerprint density at radius 2 is 1.67 bits per heavy atom. The minimum absolute atomic E-state index is 0.00929. The molecule has 0 saturated carbocycles. The molecule has 10 nitrogen and oxygen atoms in total. The summed E-state index contributed by atoms with van der Waals surface area (Å²) >= 11 is 1.31. The van der Waals surface area contributed by atoms with Crippen molar-refractivity contribution in [3.8, 4) is 16.3 Å². The summed E-state index contributed by atoms with van der Waals surface area (Å²) in [6.45, 7) is 1.80. The first-order valence-electron chi connectivity index (χ1n) is 12.8. The van der Waals surface area contributed by atoms with Crippen LogP contribution in [0.15, 0.2) is 48.5 Å². The highest BCUT2D eigenvalue weighted by Gasteiger charge is 2.38. The Morgan fingerprint density at radius 1 is 1.05 bits per heavy atom. The summed E-state index contributed by atoms with van der Waals surface area (Å²) in [6.07, 6.45) is -5.09. The number of benzene rings is 2. The van der Waals surface area contributed by atoms with E-state index in [0.717, 1.165) is 31.7 Å². The van der Waals surface area contributed by atoms with Crippen LogP contribution in [0.25, 0.3) is 10.6 Å². The number of Topliss-reactive ketones (excluding diaryl/α,β-unsaturated/α-hetero) is 1. The van der Waals surface area contributed by atoms with E-state index in [1.54, 1.807) is 6.92 Å². The first kappa shape index (κ1) is 33.5. The van der Waals surface area contributed by atoms with E-state index in [0.29, 0.717) is 10.0 Å². The minimum Gasteiger partial charge on any atom is -0.475 e. The van der Waals surface area contributed by atoms with Gasteiger partial charge in [0.15, 0.2) is 5.78 Å². The molecule has 0 spiro atoms. The van der Waals surface area contributed by atoms with Crippen molar-refractivity contribution in [1.29, 1.82) is 0 Å². The lowest BCUT2D eigenvalue weighted by Gasteiger charge is -2.35. The number of aliphatic carboxylic acids is 1. The van der Waals surface area contributed by atoms with Crippen molar-refractivity contribution in [3.63, 3.8) is 0 Å². The summed E-state index contributed by atoms with van der Waals surface area (Å²) in [6, 6.07) is 13.1. The molecule has 1 amide bonds. The third-order valence-corrected chi connectivity index (χ3v) is 7.25. The zero-order valence-corrected chi connectivity index (χ0v) is 23.8. The molecule has 4 rings (SSSR count). The molecule has 1 atom stereocenters. The normalized spacial score (nSPS) is 14.9. The Labute approximate surface area is 247 Å². The quantitative estimate of drug-likeness (QED) is 0.261. The SMILES string of the molecule is CC(C(=O)Nc1cc(C(=O)Cc2nnc(-c3ccccc3)s2)ccc1OC(F)F)N1CCN(C)CC1.O=C(O)C(F)(F)F. The Balaban J connectivity index is 0.000000646. The lowest BCUT2D eigenvalue weighted by atomic mass is 10.1. The molecule has 2 N–H and O–H groups in total. The highest BCUT2D eigenvalue weighted by atomic mass is 32.1. The van der Waals surface area contributed by atoms with Gasteiger partial charge in [0, 0.05) is 37.3 Å². The molecule has 3 aromatic rings. The number of carboxylic acids is 1. The van der Waals surface area contributed by atoms with E-state index in [2.05, 4.69) is 25.2 Å². The second-order valence-electron chi connectivity index (χ2n) is 9.36. The predicted octanol–water partition coefficient (Wildman–Crippen LogP) is 4.44. The van der Waals surface area contributed by atoms with Crippen LogP contribution >= 0.6 is 11.3 Å². The van der Waals surface area contributed by atoms with Gasteiger partial charge in [-0.1, -0.05) is 41.7 Å². The van der Waals surface area contributed by atoms with Crippen LogP contribution in [0, 0.1) is 0 Å². The van der Waals surface area contributed by atoms with Crippen LogP contribution in [0.3, 0.4) is 0 Å². The standard InChI is InChI=1S/C25H27F2N5O3S.C2HF3O2/c1-16(32-12-10-31(2)11-13-32)23(34)28-19-14-18(8-9-21(19)35-25(26)27)20(33)15-22-29-30-24(36-22)17-6-4-3-5-7-17;3-2(4,5)1(6)7/h3-9,14,16,25H,10-13,15H2,1-2H3,(H,28,34);(H,6,7). The highest BCUT2D eigenvalue weighted by Crippen LogP contribution is 2.29. The van der Waals surface area contributed by atoms with Crippen molar-refractivity contribution in [2.45, 2.75) is 32.2 Å². The van der Waals surface area contributed by atoms with E-state index in [4.69, 9.17) is 9.90 Å². The minimum atomic E-state index is -5.08. The number of halogens is 5. The number of aromatic nitrogens is 2. The van der Waals surface area contributed by atoms with E-state index in [1.807, 2.05) is 42.3 Å². The van der Waals surface area contributed by atoms with E-state index in [9.17, 15) is 31.5 Å². The van der Waals surface area contributed by atoms with Gasteiger partial charge in [0.25, 0.3) is 0 Å². The van der Waals surface area contributed by atoms with Crippen LogP contribution in [0.2, 0.25) is 0 Å². The zero-order chi connectivity index (χ0) is 31.7. The Bertz CT molecular complexity index is 1400. The van der Waals surface area contributed by atoms with E-state index in [-0.39, 0.29) is 35.1 Å². The van der Waals surface area contributed by atoms with Crippen LogP contribution in [0.1, 0.15) is 22.3 Å². The number of hydrogen-bond acceptors (Lipinski definition) is 9. The number of carbonyl (C=O) groups is 3. The number of ether oxygens (including phenoxy) is 1. The highest BCUT2D eigenvalue weighted by molar-refractivity contribution is 7.14. The molecule has 0 radical (unpaired) electrons. The summed E-state index contributed by atoms with van der Waals surface area (Å²) in [5, 5.41) is 19.3. The molecule has 0 bridgehead atoms. The van der Waals surface area contributed by atoms with Gasteiger partial charge in [0.1, 0.15) is 15.8 Å². The van der Waals surface area contributed by atoms with E-state index < -0.39 is 24.8 Å². The largest absolute Gasteiger partial charge is 0.490 e. The molecule has 1 unspecified atom stereocenters. The molecule has 1 aliphatic heterocycles. The Hall–Kier alpha value is -4.02. The molecule has 1 saturated heterocycles. The van der Waals surface area contributed by atoms with Gasteiger partial charge in [-0.15, -0.1) is 10.2 Å². The lowest BCUT2D eigenvalue weighted by molar-refractivity contribution is -0.192. The van der Waals surface area contributed by atoms with Gasteiger partial charge in [-0.2, -0.15) is 22.0 Å². The smallest absolute Gasteiger partial charge is 0.475 e. The number of nitrogens with one attached hydrogen (secondary N) is 1. The van der Waals surface area contributed by atoms with Gasteiger partial charge in [-0.25, -0.2) is 4.79 Å². The number of likely N-dealkylation sites (N-methyl/N-ethyl adjacent to an activating group) is 1. The second kappa shape index (κ2) is 14.9. The molecule has 232 valence electrons. The second-order valence-corrected chi connectivity index (χ2v) is 10.4. The number of carbonyl (C=O) groups excluding carboxylic acids is 2. The monoisotopic (exact) mass is 629 g/mol. The van der Waals surface area contributed by atoms with Crippen molar-refractivity contribution in [1.82, 2.24) is 20.0 Å². The van der Waals surface area contributed by atoms with Gasteiger partial charge in [-0.3, -0.25) is 14.5 Å². The molecule has 43 heavy (non-hydrogen) atoms. The van der Waals surface area contributed by atoms with Gasteiger partial charge in [-0.05, 0) is 32.2 Å². The summed E-state index contributed by atoms with van der Waals surface area (Å²) in [5.74, 6) is -3.60. The fourth-order valence-electron chi connectivity index (χ4n) is 3.87. The molecule has 16 heteroatoms. The summed E-state index contributed by atoms with van der Waals surface area (Å²) < 4.78 is 62.3. The Kier molecular flexibility index (Phi) is 11.6. The number of rotatable bonds is 9. The maximum atomic E-state index is 13.0. The van der Waals surface area contributed by atoms with E-state index in [1.165, 1.54) is 29.5 Å². The van der Waals surface area contributed by atoms with Crippen molar-refractivity contribution < 1.29 is 46.2 Å². The summed E-state index contributed by atoms with van der Waals surface area (Å²) in [4.78, 5) is 39.0. The predicted molar refractivity (Wildman–Crippen MR) is 147 cm³/mol. The first-order chi connectivity index (χ1) is 20.2. The van der Waals surface area contributed by atoms with Crippen LogP contribution < -0.4 is 10.1 Å². The number of carboxylic acid groups (broad SMARTS) is 1. The van der Waals surface area contributed by atoms with E-state index >= 15 is 0 Å². The van der Waals surface area contributed by atoms with Crippen LogP contribution in [-0.2, 0) is 16.0 Å². The van der Waals surface area contributed by atoms with Crippen LogP contribution in [-0.4, -0.2) is 94.8 Å². The van der Waals surface area contributed by atoms with Gasteiger partial charge in [0.05, 0.1) is 18.2 Å². The molecule has 2 aromatic carbocycles. The zero-order valence-electron chi connectivity index (χ0n) is 23.0. The molecule has 0 aliphatic carbocycles. The van der Waals surface area contributed by atoms with Gasteiger partial charge < -0.3 is 20.1 Å². The molecule has 1 fully saturated rings. The van der Waals surface area contributed by atoms with Crippen molar-refractivity contribution in [3.05, 3.63) is 59.1 Å². The number of alkyl halides is 5. The fraction of sp³-hybridized carbons (Fsp3) is 0.370. The van der Waals surface area contributed by atoms with Crippen molar-refractivity contribution in [2.75, 3.05) is 38.5 Å². The average molecular weight is 630 g/mol. The molecular weight excluding hydrogens is 601 g/mol. The maximum absolute atomic E-state index is 13.0. The van der Waals surface area contributed by atoms with Crippen molar-refractivity contribution in [2.24, 2.45) is 0 Å². The molecule has 1 aromatic heterocycles. The lowest BCUT2D eigenvalue weighted by Crippen LogP contribution is -2.51. The summed E-state index contributed by atoms with van der Waals surface area (Å²) in [5.41, 5.74) is 1.17. The average Bonchev–Trinajstić information content (AvgIpc) is 3.42. The number of hydrogen-bond donors (Lipinski definition) is 2. The third-order valence-electron chi connectivity index (χ3n) is 6.28. The summed E-state index contributed by atoms with van der Waals surface area (Å²) in [7, 11) is 2.02. The Morgan fingerprint density at radius 3 is 2.26 bits per heavy atom. The van der Waals surface area contributed by atoms with Gasteiger partial charge in [0.2, 0.25) is 5.91 Å². The van der Waals surface area contributed by atoms with Crippen LogP contribution in [0.5, 0.6) is 5.75 Å². The molecular formula is C27H28F5N5O5S. The van der Waals surface area contributed by atoms with Crippen LogP contribution in [0.4, 0.5) is 27.6 Å². The molecule has 1 aliphatic rings. The number of nitrogens with zero attached hydrogens (tertiary/aromatic N) is 4. The number of piperazine rings is 1.